The molecule has 2 atom stereocenters. The molecular weight excluding hydrogens is 270 g/mol. The van der Waals surface area contributed by atoms with Gasteiger partial charge in [0.15, 0.2) is 0 Å². The molecule has 0 saturated heterocycles. The number of nitrogens with two attached hydrogens (primary N) is 1. The molecule has 18 heavy (non-hydrogen) atoms. The van der Waals surface area contributed by atoms with Gasteiger partial charge in [0, 0.05) is 28.9 Å². The summed E-state index contributed by atoms with van der Waals surface area (Å²) in [7, 11) is -0.859. The molecule has 0 saturated carbocycles. The highest BCUT2D eigenvalue weighted by molar-refractivity contribution is 7.84. The molecule has 2 aromatic heterocycles. The Morgan fingerprint density at radius 2 is 2.33 bits per heavy atom. The van der Waals surface area contributed by atoms with Crippen LogP contribution in [-0.4, -0.2) is 32.2 Å². The SMILES string of the molecule is CC(CNc1nc(NN)nc2sccc12)S(C)=O. The molecule has 0 aliphatic carbocycles. The summed E-state index contributed by atoms with van der Waals surface area (Å²) < 4.78 is 11.3. The first-order valence-corrected chi connectivity index (χ1v) is 7.90. The molecule has 2 heterocycles. The van der Waals surface area contributed by atoms with Crippen LogP contribution in [0.3, 0.4) is 0 Å². The Morgan fingerprint density at radius 1 is 1.56 bits per heavy atom. The quantitative estimate of drug-likeness (QED) is 0.564. The minimum atomic E-state index is -0.859. The number of nitrogens with zero attached hydrogens (tertiary/aromatic N) is 2. The number of hydrogen-bond acceptors (Lipinski definition) is 7. The molecule has 0 aliphatic heterocycles. The molecule has 0 aliphatic rings. The Bertz CT molecular complexity index is 570. The second-order valence-corrected chi connectivity index (χ2v) is 6.57. The van der Waals surface area contributed by atoms with Crippen LogP contribution in [0, 0.1) is 0 Å². The fourth-order valence-corrected chi connectivity index (χ4v) is 2.49. The summed E-state index contributed by atoms with van der Waals surface area (Å²) in [6, 6.07) is 1.95. The molecule has 0 amide bonds. The first kappa shape index (κ1) is 13.2. The number of nitrogen functional groups attached to an aromatic ring is 1. The van der Waals surface area contributed by atoms with Crippen molar-refractivity contribution in [1.29, 1.82) is 0 Å². The van der Waals surface area contributed by atoms with Crippen molar-refractivity contribution >= 4 is 44.1 Å². The summed E-state index contributed by atoms with van der Waals surface area (Å²) in [6.45, 7) is 2.52. The second-order valence-electron chi connectivity index (χ2n) is 3.87. The van der Waals surface area contributed by atoms with Crippen LogP contribution in [0.4, 0.5) is 11.8 Å². The van der Waals surface area contributed by atoms with E-state index < -0.39 is 10.8 Å². The minimum absolute atomic E-state index is 0.0583. The Balaban J connectivity index is 2.25. The number of rotatable bonds is 5. The molecule has 2 unspecified atom stereocenters. The highest BCUT2D eigenvalue weighted by atomic mass is 32.2. The first-order chi connectivity index (χ1) is 8.61. The van der Waals surface area contributed by atoms with Crippen LogP contribution in [0.15, 0.2) is 11.4 Å². The molecule has 2 rings (SSSR count). The van der Waals surface area contributed by atoms with Crippen LogP contribution < -0.4 is 16.6 Å². The summed E-state index contributed by atoms with van der Waals surface area (Å²) in [6.07, 6.45) is 1.69. The molecule has 0 aromatic carbocycles. The summed E-state index contributed by atoms with van der Waals surface area (Å²) in [5.41, 5.74) is 2.44. The van der Waals surface area contributed by atoms with Gasteiger partial charge in [-0.1, -0.05) is 0 Å². The zero-order valence-corrected chi connectivity index (χ0v) is 11.8. The van der Waals surface area contributed by atoms with Crippen LogP contribution in [0.5, 0.6) is 0 Å². The van der Waals surface area contributed by atoms with Gasteiger partial charge < -0.3 is 5.32 Å². The number of hydrazine groups is 1. The normalized spacial score (nSPS) is 14.4. The largest absolute Gasteiger partial charge is 0.368 e. The van der Waals surface area contributed by atoms with Gasteiger partial charge in [0.2, 0.25) is 5.95 Å². The molecule has 0 spiro atoms. The monoisotopic (exact) mass is 285 g/mol. The van der Waals surface area contributed by atoms with E-state index in [0.717, 1.165) is 10.2 Å². The number of hydrogen-bond donors (Lipinski definition) is 3. The Morgan fingerprint density at radius 3 is 3.00 bits per heavy atom. The lowest BCUT2D eigenvalue weighted by atomic mass is 10.3. The first-order valence-electron chi connectivity index (χ1n) is 5.39. The molecule has 0 fully saturated rings. The van der Waals surface area contributed by atoms with Crippen molar-refractivity contribution in [2.24, 2.45) is 5.84 Å². The number of fused-ring (bicyclic) bond motifs is 1. The summed E-state index contributed by atoms with van der Waals surface area (Å²) in [5, 5.41) is 6.16. The van der Waals surface area contributed by atoms with E-state index in [4.69, 9.17) is 5.84 Å². The van der Waals surface area contributed by atoms with Gasteiger partial charge in [0.1, 0.15) is 10.6 Å². The minimum Gasteiger partial charge on any atom is -0.368 e. The van der Waals surface area contributed by atoms with Crippen molar-refractivity contribution in [2.45, 2.75) is 12.2 Å². The van der Waals surface area contributed by atoms with Crippen LogP contribution in [-0.2, 0) is 10.8 Å². The highest BCUT2D eigenvalue weighted by Gasteiger charge is 2.11. The Hall–Kier alpha value is -1.25. The van der Waals surface area contributed by atoms with E-state index in [2.05, 4.69) is 20.7 Å². The maximum absolute atomic E-state index is 11.3. The van der Waals surface area contributed by atoms with Gasteiger partial charge in [-0.05, 0) is 18.4 Å². The van der Waals surface area contributed by atoms with Gasteiger partial charge in [-0.25, -0.2) is 10.8 Å². The van der Waals surface area contributed by atoms with Gasteiger partial charge >= 0.3 is 0 Å². The Labute approximate surface area is 111 Å². The Kier molecular flexibility index (Phi) is 4.10. The third kappa shape index (κ3) is 2.77. The van der Waals surface area contributed by atoms with E-state index in [1.807, 2.05) is 18.4 Å². The number of anilines is 2. The lowest BCUT2D eigenvalue weighted by Gasteiger charge is -2.11. The van der Waals surface area contributed by atoms with Crippen LogP contribution in [0.1, 0.15) is 6.92 Å². The van der Waals surface area contributed by atoms with Crippen LogP contribution in [0.25, 0.3) is 10.2 Å². The molecular formula is C10H15N5OS2. The predicted molar refractivity (Wildman–Crippen MR) is 77.2 cm³/mol. The molecule has 0 bridgehead atoms. The zero-order chi connectivity index (χ0) is 13.1. The third-order valence-electron chi connectivity index (χ3n) is 2.58. The van der Waals surface area contributed by atoms with E-state index >= 15 is 0 Å². The molecule has 2 aromatic rings. The number of thiophene rings is 1. The molecule has 4 N–H and O–H groups in total. The van der Waals surface area contributed by atoms with Gasteiger partial charge in [0.25, 0.3) is 0 Å². The topological polar surface area (TPSA) is 92.9 Å². The van der Waals surface area contributed by atoms with Gasteiger partial charge in [-0.15, -0.1) is 11.3 Å². The van der Waals surface area contributed by atoms with Gasteiger partial charge in [0.05, 0.1) is 5.39 Å². The van der Waals surface area contributed by atoms with E-state index in [1.165, 1.54) is 11.3 Å². The molecule has 98 valence electrons. The van der Waals surface area contributed by atoms with Gasteiger partial charge in [-0.2, -0.15) is 4.98 Å². The maximum Gasteiger partial charge on any atom is 0.240 e. The van der Waals surface area contributed by atoms with E-state index in [-0.39, 0.29) is 5.25 Å². The number of nitrogens with one attached hydrogen (secondary N) is 2. The lowest BCUT2D eigenvalue weighted by Crippen LogP contribution is -2.21. The van der Waals surface area contributed by atoms with E-state index in [9.17, 15) is 4.21 Å². The van der Waals surface area contributed by atoms with Crippen molar-refractivity contribution in [3.05, 3.63) is 11.4 Å². The van der Waals surface area contributed by atoms with Crippen LogP contribution in [0.2, 0.25) is 0 Å². The summed E-state index contributed by atoms with van der Waals surface area (Å²) in [4.78, 5) is 9.39. The average Bonchev–Trinajstić information content (AvgIpc) is 2.83. The standard InChI is InChI=1S/C10H15N5OS2/c1-6(18(2)16)5-12-8-7-3-4-17-9(7)14-10(13-8)15-11/h3-4,6H,5,11H2,1-2H3,(H2,12,13,14,15). The third-order valence-corrected chi connectivity index (χ3v) is 4.68. The van der Waals surface area contributed by atoms with Crippen LogP contribution >= 0.6 is 11.3 Å². The fraction of sp³-hybridized carbons (Fsp3) is 0.400. The van der Waals surface area contributed by atoms with Crippen molar-refractivity contribution in [2.75, 3.05) is 23.5 Å². The average molecular weight is 285 g/mol. The van der Waals surface area contributed by atoms with E-state index in [0.29, 0.717) is 18.3 Å². The van der Waals surface area contributed by atoms with E-state index in [1.54, 1.807) is 6.26 Å². The molecule has 8 heteroatoms. The lowest BCUT2D eigenvalue weighted by molar-refractivity contribution is 0.679. The van der Waals surface area contributed by atoms with Crippen molar-refractivity contribution < 1.29 is 4.21 Å². The predicted octanol–water partition coefficient (Wildman–Crippen LogP) is 1.16. The number of aromatic nitrogens is 2. The van der Waals surface area contributed by atoms with Crippen molar-refractivity contribution in [3.8, 4) is 0 Å². The zero-order valence-electron chi connectivity index (χ0n) is 10.1. The second kappa shape index (κ2) is 5.59. The van der Waals surface area contributed by atoms with Crippen molar-refractivity contribution in [3.63, 3.8) is 0 Å². The smallest absolute Gasteiger partial charge is 0.240 e. The fourth-order valence-electron chi connectivity index (χ4n) is 1.41. The summed E-state index contributed by atoms with van der Waals surface area (Å²) >= 11 is 1.52. The molecule has 0 radical (unpaired) electrons. The summed E-state index contributed by atoms with van der Waals surface area (Å²) in [5.74, 6) is 6.42. The molecule has 6 nitrogen and oxygen atoms in total. The highest BCUT2D eigenvalue weighted by Crippen LogP contribution is 2.26. The van der Waals surface area contributed by atoms with Gasteiger partial charge in [-0.3, -0.25) is 9.63 Å². The van der Waals surface area contributed by atoms with Crippen molar-refractivity contribution in [1.82, 2.24) is 9.97 Å². The maximum atomic E-state index is 11.3.